The van der Waals surface area contributed by atoms with Crippen LogP contribution in [0.3, 0.4) is 0 Å². The standard InChI is InChI=1S/C22H29FN4O3S/c1-2-26-14-16-27(17-15-26)13-3-12-24-22(28)18-4-10-21(11-5-18)31(29,30)25-20-8-6-19(23)7-9-20/h4-11,25H,2-3,12-17H2,1H3,(H,24,28). The molecule has 0 aliphatic carbocycles. The number of benzene rings is 2. The summed E-state index contributed by atoms with van der Waals surface area (Å²) < 4.78 is 40.3. The Labute approximate surface area is 183 Å². The largest absolute Gasteiger partial charge is 0.352 e. The Hall–Kier alpha value is -2.49. The van der Waals surface area contributed by atoms with Crippen LogP contribution in [0, 0.1) is 5.82 Å². The average Bonchev–Trinajstić information content (AvgIpc) is 2.78. The first-order valence-corrected chi connectivity index (χ1v) is 12.0. The molecule has 2 N–H and O–H groups in total. The minimum Gasteiger partial charge on any atom is -0.352 e. The average molecular weight is 449 g/mol. The maximum absolute atomic E-state index is 13.0. The first-order valence-electron chi connectivity index (χ1n) is 10.5. The van der Waals surface area contributed by atoms with E-state index >= 15 is 0 Å². The van der Waals surface area contributed by atoms with E-state index in [0.717, 1.165) is 45.7 Å². The second kappa shape index (κ2) is 10.7. The van der Waals surface area contributed by atoms with Gasteiger partial charge in [-0.3, -0.25) is 9.52 Å². The Bertz CT molecular complexity index is 957. The number of carbonyl (C=O) groups excluding carboxylic acids is 1. The zero-order valence-electron chi connectivity index (χ0n) is 17.7. The molecule has 0 radical (unpaired) electrons. The summed E-state index contributed by atoms with van der Waals surface area (Å²) in [5.41, 5.74) is 0.664. The van der Waals surface area contributed by atoms with Crippen molar-refractivity contribution in [1.82, 2.24) is 15.1 Å². The van der Waals surface area contributed by atoms with Crippen LogP contribution in [0.4, 0.5) is 10.1 Å². The van der Waals surface area contributed by atoms with Gasteiger partial charge in [-0.2, -0.15) is 0 Å². The van der Waals surface area contributed by atoms with Crippen LogP contribution < -0.4 is 10.0 Å². The van der Waals surface area contributed by atoms with E-state index in [4.69, 9.17) is 0 Å². The van der Waals surface area contributed by atoms with Gasteiger partial charge in [0.25, 0.3) is 15.9 Å². The summed E-state index contributed by atoms with van der Waals surface area (Å²) in [6, 6.07) is 10.8. The highest BCUT2D eigenvalue weighted by Gasteiger charge is 2.16. The molecule has 0 aromatic heterocycles. The van der Waals surface area contributed by atoms with E-state index in [-0.39, 0.29) is 16.5 Å². The number of amides is 1. The lowest BCUT2D eigenvalue weighted by Crippen LogP contribution is -2.46. The number of rotatable bonds is 9. The quantitative estimate of drug-likeness (QED) is 0.576. The monoisotopic (exact) mass is 448 g/mol. The fourth-order valence-corrected chi connectivity index (χ4v) is 4.51. The Kier molecular flexibility index (Phi) is 8.00. The summed E-state index contributed by atoms with van der Waals surface area (Å²) >= 11 is 0. The highest BCUT2D eigenvalue weighted by molar-refractivity contribution is 7.92. The van der Waals surface area contributed by atoms with E-state index in [1.165, 1.54) is 48.5 Å². The van der Waals surface area contributed by atoms with E-state index in [9.17, 15) is 17.6 Å². The van der Waals surface area contributed by atoms with E-state index in [1.54, 1.807) is 0 Å². The molecule has 1 heterocycles. The summed E-state index contributed by atoms with van der Waals surface area (Å²) in [6.07, 6.45) is 0.867. The summed E-state index contributed by atoms with van der Waals surface area (Å²) in [5.74, 6) is -0.677. The topological polar surface area (TPSA) is 81.8 Å². The van der Waals surface area contributed by atoms with E-state index in [1.807, 2.05) is 0 Å². The van der Waals surface area contributed by atoms with Crippen molar-refractivity contribution >= 4 is 21.6 Å². The zero-order chi connectivity index (χ0) is 22.3. The second-order valence-corrected chi connectivity index (χ2v) is 9.20. The lowest BCUT2D eigenvalue weighted by molar-refractivity contribution is 0.0948. The maximum Gasteiger partial charge on any atom is 0.261 e. The molecular formula is C22H29FN4O3S. The first kappa shape index (κ1) is 23.2. The number of likely N-dealkylation sites (N-methyl/N-ethyl adjacent to an activating group) is 1. The van der Waals surface area contributed by atoms with Crippen molar-refractivity contribution in [3.8, 4) is 0 Å². The Morgan fingerprint density at radius 1 is 0.968 bits per heavy atom. The van der Waals surface area contributed by atoms with Crippen molar-refractivity contribution in [2.45, 2.75) is 18.2 Å². The van der Waals surface area contributed by atoms with Gasteiger partial charge in [0.05, 0.1) is 4.90 Å². The van der Waals surface area contributed by atoms with Crippen LogP contribution >= 0.6 is 0 Å². The summed E-state index contributed by atoms with van der Waals surface area (Å²) in [4.78, 5) is 17.2. The number of sulfonamides is 1. The molecule has 9 heteroatoms. The van der Waals surface area contributed by atoms with Gasteiger partial charge in [0.15, 0.2) is 0 Å². The van der Waals surface area contributed by atoms with Crippen LogP contribution in [0.2, 0.25) is 0 Å². The van der Waals surface area contributed by atoms with Gasteiger partial charge in [-0.1, -0.05) is 6.92 Å². The third kappa shape index (κ3) is 6.75. The number of hydrogen-bond donors (Lipinski definition) is 2. The summed E-state index contributed by atoms with van der Waals surface area (Å²) in [5, 5.41) is 2.89. The predicted molar refractivity (Wildman–Crippen MR) is 119 cm³/mol. The summed E-state index contributed by atoms with van der Waals surface area (Å²) in [7, 11) is -3.82. The number of anilines is 1. The molecule has 2 aromatic carbocycles. The maximum atomic E-state index is 13.0. The molecule has 1 aliphatic rings. The van der Waals surface area contributed by atoms with Crippen molar-refractivity contribution in [1.29, 1.82) is 0 Å². The molecule has 2 aromatic rings. The predicted octanol–water partition coefficient (Wildman–Crippen LogP) is 2.38. The molecule has 0 saturated carbocycles. The van der Waals surface area contributed by atoms with E-state index in [2.05, 4.69) is 26.8 Å². The fraction of sp³-hybridized carbons (Fsp3) is 0.409. The molecule has 168 valence electrons. The van der Waals surface area contributed by atoms with Crippen LogP contribution in [0.5, 0.6) is 0 Å². The number of piperazine rings is 1. The molecule has 1 aliphatic heterocycles. The van der Waals surface area contributed by atoms with Crippen molar-refractivity contribution in [3.05, 3.63) is 59.9 Å². The Morgan fingerprint density at radius 3 is 2.19 bits per heavy atom. The molecule has 1 fully saturated rings. The van der Waals surface area contributed by atoms with Gasteiger partial charge >= 0.3 is 0 Å². The molecule has 1 amide bonds. The Balaban J connectivity index is 1.45. The van der Waals surface area contributed by atoms with Gasteiger partial charge in [-0.15, -0.1) is 0 Å². The fourth-order valence-electron chi connectivity index (χ4n) is 3.45. The van der Waals surface area contributed by atoms with Gasteiger partial charge in [0.2, 0.25) is 0 Å². The normalized spacial score (nSPS) is 15.5. The van der Waals surface area contributed by atoms with Crippen LogP contribution in [0.25, 0.3) is 0 Å². The minimum absolute atomic E-state index is 0.0274. The minimum atomic E-state index is -3.82. The second-order valence-electron chi connectivity index (χ2n) is 7.52. The third-order valence-electron chi connectivity index (χ3n) is 5.37. The van der Waals surface area contributed by atoms with Crippen LogP contribution in [-0.4, -0.2) is 69.9 Å². The molecule has 0 spiro atoms. The lowest BCUT2D eigenvalue weighted by atomic mass is 10.2. The Morgan fingerprint density at radius 2 is 1.58 bits per heavy atom. The molecule has 31 heavy (non-hydrogen) atoms. The van der Waals surface area contributed by atoms with Crippen LogP contribution in [0.1, 0.15) is 23.7 Å². The molecule has 0 unspecified atom stereocenters. The van der Waals surface area contributed by atoms with Gasteiger partial charge < -0.3 is 15.1 Å². The van der Waals surface area contributed by atoms with Gasteiger partial charge in [-0.05, 0) is 68.0 Å². The van der Waals surface area contributed by atoms with Gasteiger partial charge in [0.1, 0.15) is 5.82 Å². The molecule has 0 atom stereocenters. The SMILES string of the molecule is CCN1CCN(CCCNC(=O)c2ccc(S(=O)(=O)Nc3ccc(F)cc3)cc2)CC1. The van der Waals surface area contributed by atoms with E-state index in [0.29, 0.717) is 12.1 Å². The third-order valence-corrected chi connectivity index (χ3v) is 6.77. The van der Waals surface area contributed by atoms with Gasteiger partial charge in [0, 0.05) is 44.0 Å². The number of nitrogens with one attached hydrogen (secondary N) is 2. The highest BCUT2D eigenvalue weighted by atomic mass is 32.2. The molecular weight excluding hydrogens is 419 g/mol. The first-order chi connectivity index (χ1) is 14.9. The van der Waals surface area contributed by atoms with Crippen molar-refractivity contribution < 1.29 is 17.6 Å². The smallest absolute Gasteiger partial charge is 0.261 e. The summed E-state index contributed by atoms with van der Waals surface area (Å²) in [6.45, 7) is 9.08. The number of nitrogens with zero attached hydrogens (tertiary/aromatic N) is 2. The molecule has 3 rings (SSSR count). The molecule has 1 saturated heterocycles. The van der Waals surface area contributed by atoms with E-state index < -0.39 is 15.8 Å². The van der Waals surface area contributed by atoms with Crippen molar-refractivity contribution in [2.75, 3.05) is 50.5 Å². The highest BCUT2D eigenvalue weighted by Crippen LogP contribution is 2.17. The van der Waals surface area contributed by atoms with Crippen LogP contribution in [-0.2, 0) is 10.0 Å². The number of carbonyl (C=O) groups is 1. The molecule has 7 nitrogen and oxygen atoms in total. The number of halogens is 1. The van der Waals surface area contributed by atoms with Crippen LogP contribution in [0.15, 0.2) is 53.4 Å². The number of hydrogen-bond acceptors (Lipinski definition) is 5. The lowest BCUT2D eigenvalue weighted by Gasteiger charge is -2.33. The molecule has 0 bridgehead atoms. The van der Waals surface area contributed by atoms with Gasteiger partial charge in [-0.25, -0.2) is 12.8 Å². The zero-order valence-corrected chi connectivity index (χ0v) is 18.5. The van der Waals surface area contributed by atoms with Crippen molar-refractivity contribution in [2.24, 2.45) is 0 Å². The van der Waals surface area contributed by atoms with Crippen molar-refractivity contribution in [3.63, 3.8) is 0 Å².